The number of hydrogen-bond acceptors (Lipinski definition) is 2. The molecule has 3 heterocycles. The number of likely N-dealkylation sites (tertiary alicyclic amines) is 1. The van der Waals surface area contributed by atoms with Crippen LogP contribution in [0, 0.1) is 11.8 Å². The number of fused-ring (bicyclic) bond motifs is 2. The quantitative estimate of drug-likeness (QED) is 0.866. The molecule has 3 rings (SSSR count). The molecular weight excluding hydrogens is 284 g/mol. The fourth-order valence-corrected chi connectivity index (χ4v) is 4.67. The minimum atomic E-state index is 0. The van der Waals surface area contributed by atoms with Crippen molar-refractivity contribution in [2.45, 2.75) is 83.3 Å². The molecule has 0 aromatic heterocycles. The first-order valence-electron chi connectivity index (χ1n) is 8.69. The maximum absolute atomic E-state index is 12.7. The van der Waals surface area contributed by atoms with Gasteiger partial charge in [-0.05, 0) is 56.8 Å². The molecular formula is C17H31ClN2O. The first kappa shape index (κ1) is 17.1. The third-order valence-electron chi connectivity index (χ3n) is 5.67. The van der Waals surface area contributed by atoms with Crippen LogP contribution in [0.2, 0.25) is 0 Å². The van der Waals surface area contributed by atoms with Crippen molar-refractivity contribution >= 4 is 18.3 Å². The van der Waals surface area contributed by atoms with Gasteiger partial charge >= 0.3 is 0 Å². The average molecular weight is 315 g/mol. The molecule has 0 spiro atoms. The van der Waals surface area contributed by atoms with Gasteiger partial charge in [-0.25, -0.2) is 0 Å². The Balaban J connectivity index is 0.00000161. The fraction of sp³-hybridized carbons (Fsp3) is 0.941. The van der Waals surface area contributed by atoms with Crippen LogP contribution >= 0.6 is 12.4 Å². The molecule has 0 saturated carbocycles. The van der Waals surface area contributed by atoms with E-state index in [0.29, 0.717) is 35.9 Å². The number of halogens is 1. The van der Waals surface area contributed by atoms with Crippen molar-refractivity contribution in [3.8, 4) is 0 Å². The monoisotopic (exact) mass is 314 g/mol. The number of piperidine rings is 2. The van der Waals surface area contributed by atoms with Gasteiger partial charge in [0.15, 0.2) is 0 Å². The van der Waals surface area contributed by atoms with E-state index in [1.165, 1.54) is 44.9 Å². The zero-order valence-electron chi connectivity index (χ0n) is 13.5. The highest BCUT2D eigenvalue weighted by molar-refractivity contribution is 5.85. The van der Waals surface area contributed by atoms with Crippen LogP contribution in [0.15, 0.2) is 0 Å². The molecule has 0 radical (unpaired) electrons. The van der Waals surface area contributed by atoms with Gasteiger partial charge in [-0.3, -0.25) is 4.79 Å². The van der Waals surface area contributed by atoms with Crippen molar-refractivity contribution in [1.29, 1.82) is 0 Å². The molecule has 2 bridgehead atoms. The van der Waals surface area contributed by atoms with E-state index in [9.17, 15) is 4.79 Å². The Morgan fingerprint density at radius 1 is 1.14 bits per heavy atom. The minimum Gasteiger partial charge on any atom is -0.339 e. The summed E-state index contributed by atoms with van der Waals surface area (Å²) in [6, 6.07) is 1.90. The highest BCUT2D eigenvalue weighted by Crippen LogP contribution is 2.34. The van der Waals surface area contributed by atoms with Crippen molar-refractivity contribution in [1.82, 2.24) is 10.2 Å². The normalized spacial score (nSPS) is 35.7. The van der Waals surface area contributed by atoms with Gasteiger partial charge in [0.2, 0.25) is 5.91 Å². The second kappa shape index (κ2) is 7.32. The number of nitrogens with one attached hydrogen (secondary N) is 1. The lowest BCUT2D eigenvalue weighted by molar-refractivity contribution is -0.137. The molecule has 0 aliphatic carbocycles. The van der Waals surface area contributed by atoms with E-state index in [0.717, 1.165) is 13.0 Å². The summed E-state index contributed by atoms with van der Waals surface area (Å²) in [5, 5.41) is 3.68. The Morgan fingerprint density at radius 2 is 1.81 bits per heavy atom. The second-order valence-corrected chi connectivity index (χ2v) is 7.57. The van der Waals surface area contributed by atoms with Crippen LogP contribution in [0.25, 0.3) is 0 Å². The number of nitrogens with zero attached hydrogens (tertiary/aromatic N) is 1. The Kier molecular flexibility index (Phi) is 5.96. The molecule has 122 valence electrons. The van der Waals surface area contributed by atoms with Crippen LogP contribution in [0.5, 0.6) is 0 Å². The molecule has 3 fully saturated rings. The number of hydrogen-bond donors (Lipinski definition) is 1. The van der Waals surface area contributed by atoms with Gasteiger partial charge in [0, 0.05) is 31.1 Å². The van der Waals surface area contributed by atoms with Gasteiger partial charge in [0.25, 0.3) is 0 Å². The molecule has 3 atom stereocenters. The Morgan fingerprint density at radius 3 is 2.43 bits per heavy atom. The summed E-state index contributed by atoms with van der Waals surface area (Å²) in [7, 11) is 0. The number of carbonyl (C=O) groups is 1. The largest absolute Gasteiger partial charge is 0.339 e. The molecule has 0 aromatic rings. The van der Waals surface area contributed by atoms with E-state index in [1.807, 2.05) is 0 Å². The van der Waals surface area contributed by atoms with Crippen LogP contribution in [0.1, 0.15) is 65.2 Å². The van der Waals surface area contributed by atoms with Crippen molar-refractivity contribution in [3.05, 3.63) is 0 Å². The molecule has 3 saturated heterocycles. The minimum absolute atomic E-state index is 0. The van der Waals surface area contributed by atoms with Gasteiger partial charge in [0.1, 0.15) is 0 Å². The molecule has 21 heavy (non-hydrogen) atoms. The van der Waals surface area contributed by atoms with E-state index >= 15 is 0 Å². The first-order valence-corrected chi connectivity index (χ1v) is 8.69. The maximum atomic E-state index is 12.7. The summed E-state index contributed by atoms with van der Waals surface area (Å²) in [5.74, 6) is 1.68. The molecule has 0 aromatic carbocycles. The standard InChI is InChI=1S/C17H30N2O.ClH/c1-12(2)16-5-3-4-8-19(16)17(20)11-13-9-14-6-7-15(10-13)18-14;/h12-16,18H,3-11H2,1-2H3;1H. The average Bonchev–Trinajstić information content (AvgIpc) is 2.78. The Bertz CT molecular complexity index is 349. The maximum Gasteiger partial charge on any atom is 0.223 e. The zero-order chi connectivity index (χ0) is 14.1. The van der Waals surface area contributed by atoms with Gasteiger partial charge in [-0.15, -0.1) is 12.4 Å². The van der Waals surface area contributed by atoms with Crippen molar-refractivity contribution in [2.24, 2.45) is 11.8 Å². The molecule has 4 heteroatoms. The van der Waals surface area contributed by atoms with Gasteiger partial charge < -0.3 is 10.2 Å². The van der Waals surface area contributed by atoms with Crippen LogP contribution in [0.4, 0.5) is 0 Å². The summed E-state index contributed by atoms with van der Waals surface area (Å²) < 4.78 is 0. The van der Waals surface area contributed by atoms with Crippen molar-refractivity contribution in [2.75, 3.05) is 6.54 Å². The zero-order valence-corrected chi connectivity index (χ0v) is 14.3. The molecule has 3 aliphatic rings. The molecule has 1 amide bonds. The summed E-state index contributed by atoms with van der Waals surface area (Å²) in [6.07, 6.45) is 9.61. The predicted octanol–water partition coefficient (Wildman–Crippen LogP) is 3.37. The molecule has 1 N–H and O–H groups in total. The third kappa shape index (κ3) is 3.92. The first-order chi connectivity index (χ1) is 9.63. The summed E-state index contributed by atoms with van der Waals surface area (Å²) in [4.78, 5) is 14.9. The molecule has 3 unspecified atom stereocenters. The van der Waals surface area contributed by atoms with Crippen molar-refractivity contribution in [3.63, 3.8) is 0 Å². The summed E-state index contributed by atoms with van der Waals surface area (Å²) in [6.45, 7) is 5.53. The van der Waals surface area contributed by atoms with Crippen molar-refractivity contribution < 1.29 is 4.79 Å². The fourth-order valence-electron chi connectivity index (χ4n) is 4.67. The summed E-state index contributed by atoms with van der Waals surface area (Å²) in [5.41, 5.74) is 0. The third-order valence-corrected chi connectivity index (χ3v) is 5.67. The van der Waals surface area contributed by atoms with Gasteiger partial charge in [-0.1, -0.05) is 13.8 Å². The molecule has 3 nitrogen and oxygen atoms in total. The van der Waals surface area contributed by atoms with E-state index in [4.69, 9.17) is 0 Å². The van der Waals surface area contributed by atoms with E-state index in [-0.39, 0.29) is 12.4 Å². The second-order valence-electron chi connectivity index (χ2n) is 7.57. The van der Waals surface area contributed by atoms with E-state index in [2.05, 4.69) is 24.1 Å². The smallest absolute Gasteiger partial charge is 0.223 e. The number of carbonyl (C=O) groups excluding carboxylic acids is 1. The lowest BCUT2D eigenvalue weighted by Crippen LogP contribution is -2.47. The predicted molar refractivity (Wildman–Crippen MR) is 88.7 cm³/mol. The highest BCUT2D eigenvalue weighted by Gasteiger charge is 2.36. The van der Waals surface area contributed by atoms with E-state index < -0.39 is 0 Å². The summed E-state index contributed by atoms with van der Waals surface area (Å²) >= 11 is 0. The Hall–Kier alpha value is -0.280. The lowest BCUT2D eigenvalue weighted by atomic mass is 9.87. The van der Waals surface area contributed by atoms with Crippen LogP contribution in [-0.4, -0.2) is 35.5 Å². The van der Waals surface area contributed by atoms with Gasteiger partial charge in [0.05, 0.1) is 0 Å². The van der Waals surface area contributed by atoms with Crippen LogP contribution in [0.3, 0.4) is 0 Å². The Labute approximate surface area is 135 Å². The highest BCUT2D eigenvalue weighted by atomic mass is 35.5. The van der Waals surface area contributed by atoms with Crippen LogP contribution < -0.4 is 5.32 Å². The molecule has 3 aliphatic heterocycles. The number of rotatable bonds is 3. The number of amides is 1. The van der Waals surface area contributed by atoms with Gasteiger partial charge in [-0.2, -0.15) is 0 Å². The SMILES string of the molecule is CC(C)C1CCCCN1C(=O)CC1CC2CCC(C1)N2.Cl. The lowest BCUT2D eigenvalue weighted by Gasteiger charge is -2.39. The topological polar surface area (TPSA) is 32.3 Å². The van der Waals surface area contributed by atoms with E-state index in [1.54, 1.807) is 0 Å². The van der Waals surface area contributed by atoms with Crippen LogP contribution in [-0.2, 0) is 4.79 Å².